The Morgan fingerprint density at radius 1 is 1.20 bits per heavy atom. The van der Waals surface area contributed by atoms with Gasteiger partial charge in [0.25, 0.3) is 0 Å². The Kier molecular flexibility index (Phi) is 1.46. The van der Waals surface area contributed by atoms with Crippen molar-refractivity contribution in [3.8, 4) is 0 Å². The molecule has 58 valence electrons. The number of aliphatic hydroxyl groups is 1. The Balaban J connectivity index is 2.09. The second-order valence-corrected chi connectivity index (χ2v) is 3.47. The molecule has 0 radical (unpaired) electrons. The van der Waals surface area contributed by atoms with Gasteiger partial charge in [0.2, 0.25) is 0 Å². The summed E-state index contributed by atoms with van der Waals surface area (Å²) in [5, 5.41) is 9.68. The third kappa shape index (κ3) is 1.06. The first kappa shape index (κ1) is 6.62. The zero-order valence-corrected chi connectivity index (χ0v) is 6.18. The molecule has 10 heavy (non-hydrogen) atoms. The molecule has 2 heteroatoms. The Morgan fingerprint density at radius 3 is 3.00 bits per heavy atom. The van der Waals surface area contributed by atoms with Gasteiger partial charge in [-0.15, -0.1) is 0 Å². The van der Waals surface area contributed by atoms with Gasteiger partial charge in [-0.3, -0.25) is 0 Å². The topological polar surface area (TPSA) is 29.5 Å². The van der Waals surface area contributed by atoms with E-state index in [2.05, 4.69) is 0 Å². The van der Waals surface area contributed by atoms with Crippen molar-refractivity contribution in [2.24, 2.45) is 0 Å². The standard InChI is InChI=1S/C8H14O2/c9-8-5-2-1-3-7(10-8)4-6-8/h7,9H,1-6H2/t7-,8-/m0/s1. The van der Waals surface area contributed by atoms with Crippen LogP contribution in [0.1, 0.15) is 38.5 Å². The second-order valence-electron chi connectivity index (χ2n) is 3.47. The quantitative estimate of drug-likeness (QED) is 0.554. The van der Waals surface area contributed by atoms with Crippen LogP contribution in [0.4, 0.5) is 0 Å². The Hall–Kier alpha value is -0.0800. The zero-order chi connectivity index (χ0) is 7.03. The molecule has 0 saturated carbocycles. The number of fused-ring (bicyclic) bond motifs is 2. The summed E-state index contributed by atoms with van der Waals surface area (Å²) in [6.07, 6.45) is 6.66. The Bertz CT molecular complexity index is 133. The smallest absolute Gasteiger partial charge is 0.165 e. The number of hydrogen-bond donors (Lipinski definition) is 1. The van der Waals surface area contributed by atoms with Gasteiger partial charge in [0, 0.05) is 12.8 Å². The molecular formula is C8H14O2. The van der Waals surface area contributed by atoms with Crippen LogP contribution < -0.4 is 0 Å². The van der Waals surface area contributed by atoms with Gasteiger partial charge < -0.3 is 9.84 Å². The molecular weight excluding hydrogens is 128 g/mol. The van der Waals surface area contributed by atoms with Crippen LogP contribution in [0, 0.1) is 0 Å². The third-order valence-electron chi connectivity index (χ3n) is 2.59. The van der Waals surface area contributed by atoms with E-state index in [1.54, 1.807) is 0 Å². The van der Waals surface area contributed by atoms with E-state index >= 15 is 0 Å². The average molecular weight is 142 g/mol. The first-order chi connectivity index (χ1) is 4.79. The fraction of sp³-hybridized carbons (Fsp3) is 1.00. The normalized spacial score (nSPS) is 47.1. The van der Waals surface area contributed by atoms with Crippen LogP contribution in [0.3, 0.4) is 0 Å². The third-order valence-corrected chi connectivity index (χ3v) is 2.59. The second kappa shape index (κ2) is 2.21. The van der Waals surface area contributed by atoms with Gasteiger partial charge in [0.05, 0.1) is 6.10 Å². The highest BCUT2D eigenvalue weighted by Crippen LogP contribution is 2.37. The summed E-state index contributed by atoms with van der Waals surface area (Å²) in [5.41, 5.74) is 0. The van der Waals surface area contributed by atoms with E-state index in [4.69, 9.17) is 4.74 Å². The molecule has 2 rings (SSSR count). The molecule has 2 saturated heterocycles. The van der Waals surface area contributed by atoms with Gasteiger partial charge in [0.1, 0.15) is 0 Å². The fourth-order valence-corrected chi connectivity index (χ4v) is 1.98. The summed E-state index contributed by atoms with van der Waals surface area (Å²) in [5.74, 6) is -0.721. The average Bonchev–Trinajstić information content (AvgIpc) is 2.11. The first-order valence-electron chi connectivity index (χ1n) is 4.19. The molecule has 2 aliphatic heterocycles. The monoisotopic (exact) mass is 142 g/mol. The van der Waals surface area contributed by atoms with Crippen LogP contribution >= 0.6 is 0 Å². The van der Waals surface area contributed by atoms with Crippen molar-refractivity contribution in [2.75, 3.05) is 0 Å². The van der Waals surface area contributed by atoms with E-state index in [9.17, 15) is 5.11 Å². The first-order valence-corrected chi connectivity index (χ1v) is 4.19. The van der Waals surface area contributed by atoms with Gasteiger partial charge >= 0.3 is 0 Å². The lowest BCUT2D eigenvalue weighted by atomic mass is 9.99. The van der Waals surface area contributed by atoms with Crippen LogP contribution in [0.5, 0.6) is 0 Å². The molecule has 0 unspecified atom stereocenters. The van der Waals surface area contributed by atoms with Crippen LogP contribution in [0.25, 0.3) is 0 Å². The molecule has 0 spiro atoms. The molecule has 1 N–H and O–H groups in total. The maximum absolute atomic E-state index is 9.68. The van der Waals surface area contributed by atoms with Gasteiger partial charge in [-0.1, -0.05) is 6.42 Å². The molecule has 0 amide bonds. The van der Waals surface area contributed by atoms with Crippen LogP contribution in [0.2, 0.25) is 0 Å². The lowest BCUT2D eigenvalue weighted by Gasteiger charge is -2.19. The Morgan fingerprint density at radius 2 is 2.10 bits per heavy atom. The molecule has 2 nitrogen and oxygen atoms in total. The minimum Gasteiger partial charge on any atom is -0.365 e. The Labute approximate surface area is 61.2 Å². The fourth-order valence-electron chi connectivity index (χ4n) is 1.98. The van der Waals surface area contributed by atoms with Crippen molar-refractivity contribution in [1.29, 1.82) is 0 Å². The van der Waals surface area contributed by atoms with E-state index in [1.165, 1.54) is 6.42 Å². The zero-order valence-electron chi connectivity index (χ0n) is 6.18. The summed E-state index contributed by atoms with van der Waals surface area (Å²) >= 11 is 0. The minimum absolute atomic E-state index is 0.368. The lowest BCUT2D eigenvalue weighted by Crippen LogP contribution is -2.26. The SMILES string of the molecule is O[C@]12CCCC[C@@H](CC1)O2. The molecule has 0 aromatic carbocycles. The van der Waals surface area contributed by atoms with E-state index in [0.717, 1.165) is 32.1 Å². The van der Waals surface area contributed by atoms with Crippen molar-refractivity contribution >= 4 is 0 Å². The molecule has 2 aliphatic rings. The number of ether oxygens (including phenoxy) is 1. The summed E-state index contributed by atoms with van der Waals surface area (Å²) < 4.78 is 5.47. The van der Waals surface area contributed by atoms with E-state index < -0.39 is 5.79 Å². The van der Waals surface area contributed by atoms with Crippen molar-refractivity contribution in [3.63, 3.8) is 0 Å². The molecule has 2 bridgehead atoms. The highest BCUT2D eigenvalue weighted by molar-refractivity contribution is 4.82. The minimum atomic E-state index is -0.721. The molecule has 0 aromatic heterocycles. The van der Waals surface area contributed by atoms with E-state index in [0.29, 0.717) is 6.10 Å². The highest BCUT2D eigenvalue weighted by atomic mass is 16.6. The largest absolute Gasteiger partial charge is 0.365 e. The van der Waals surface area contributed by atoms with Gasteiger partial charge in [-0.05, 0) is 19.3 Å². The van der Waals surface area contributed by atoms with Crippen molar-refractivity contribution in [1.82, 2.24) is 0 Å². The van der Waals surface area contributed by atoms with Crippen LogP contribution in [-0.4, -0.2) is 17.0 Å². The number of hydrogen-bond acceptors (Lipinski definition) is 2. The molecule has 2 heterocycles. The van der Waals surface area contributed by atoms with E-state index in [1.807, 2.05) is 0 Å². The predicted octanol–water partition coefficient (Wildman–Crippen LogP) is 1.43. The summed E-state index contributed by atoms with van der Waals surface area (Å²) in [4.78, 5) is 0. The van der Waals surface area contributed by atoms with Gasteiger partial charge in [-0.2, -0.15) is 0 Å². The molecule has 0 aromatic rings. The summed E-state index contributed by atoms with van der Waals surface area (Å²) in [7, 11) is 0. The van der Waals surface area contributed by atoms with Crippen LogP contribution in [0.15, 0.2) is 0 Å². The molecule has 0 aliphatic carbocycles. The lowest BCUT2D eigenvalue weighted by molar-refractivity contribution is -0.189. The molecule has 2 fully saturated rings. The van der Waals surface area contributed by atoms with Crippen LogP contribution in [-0.2, 0) is 4.74 Å². The number of rotatable bonds is 0. The molecule has 2 atom stereocenters. The maximum Gasteiger partial charge on any atom is 0.165 e. The van der Waals surface area contributed by atoms with Gasteiger partial charge in [0.15, 0.2) is 5.79 Å². The summed E-state index contributed by atoms with van der Waals surface area (Å²) in [6, 6.07) is 0. The van der Waals surface area contributed by atoms with Gasteiger partial charge in [-0.25, -0.2) is 0 Å². The van der Waals surface area contributed by atoms with Crippen molar-refractivity contribution in [3.05, 3.63) is 0 Å². The highest BCUT2D eigenvalue weighted by Gasteiger charge is 2.39. The van der Waals surface area contributed by atoms with Crippen molar-refractivity contribution in [2.45, 2.75) is 50.4 Å². The maximum atomic E-state index is 9.68. The predicted molar refractivity (Wildman–Crippen MR) is 37.5 cm³/mol. The van der Waals surface area contributed by atoms with Crippen molar-refractivity contribution < 1.29 is 9.84 Å². The van der Waals surface area contributed by atoms with E-state index in [-0.39, 0.29) is 0 Å². The summed E-state index contributed by atoms with van der Waals surface area (Å²) in [6.45, 7) is 0.